The smallest absolute Gasteiger partial charge is 0.305 e. The number of aromatic nitrogens is 3. The highest BCUT2D eigenvalue weighted by atomic mass is 16.5. The van der Waals surface area contributed by atoms with Crippen molar-refractivity contribution in [2.24, 2.45) is 0 Å². The first-order chi connectivity index (χ1) is 11.1. The molecular formula is C15H18N4O4. The van der Waals surface area contributed by atoms with Gasteiger partial charge in [-0.05, 0) is 18.9 Å². The van der Waals surface area contributed by atoms with E-state index in [2.05, 4.69) is 10.1 Å². The Kier molecular flexibility index (Phi) is 4.52. The van der Waals surface area contributed by atoms with E-state index in [4.69, 9.17) is 9.84 Å². The summed E-state index contributed by atoms with van der Waals surface area (Å²) in [5, 5.41) is 13.0. The maximum absolute atomic E-state index is 12.8. The number of amides is 1. The van der Waals surface area contributed by atoms with Crippen LogP contribution in [-0.2, 0) is 9.53 Å². The summed E-state index contributed by atoms with van der Waals surface area (Å²) in [6, 6.07) is 1.73. The second kappa shape index (κ2) is 6.74. The Morgan fingerprint density at radius 3 is 3.09 bits per heavy atom. The topological polar surface area (TPSA) is 97.0 Å². The molecule has 1 saturated heterocycles. The lowest BCUT2D eigenvalue weighted by atomic mass is 10.2. The molecule has 1 atom stereocenters. The number of carboxylic acid groups (broad SMARTS) is 1. The number of nitrogens with zero attached hydrogens (tertiary/aromatic N) is 4. The number of rotatable bonds is 6. The highest BCUT2D eigenvalue weighted by Gasteiger charge is 2.26. The third kappa shape index (κ3) is 3.48. The molecule has 8 heteroatoms. The van der Waals surface area contributed by atoms with E-state index < -0.39 is 5.97 Å². The molecular weight excluding hydrogens is 300 g/mol. The Morgan fingerprint density at radius 2 is 2.35 bits per heavy atom. The zero-order chi connectivity index (χ0) is 16.2. The maximum atomic E-state index is 12.8. The molecule has 1 amide bonds. The fraction of sp³-hybridized carbons (Fsp3) is 0.467. The Bertz CT molecular complexity index is 708. The van der Waals surface area contributed by atoms with E-state index in [1.807, 2.05) is 0 Å². The van der Waals surface area contributed by atoms with Gasteiger partial charge in [0.1, 0.15) is 5.56 Å². The zero-order valence-electron chi connectivity index (χ0n) is 12.6. The fourth-order valence-electron chi connectivity index (χ4n) is 2.69. The van der Waals surface area contributed by atoms with Crippen LogP contribution in [0.1, 0.15) is 29.6 Å². The van der Waals surface area contributed by atoms with Crippen LogP contribution >= 0.6 is 0 Å². The molecule has 1 N–H and O–H groups in total. The maximum Gasteiger partial charge on any atom is 0.305 e. The minimum absolute atomic E-state index is 0.0393. The van der Waals surface area contributed by atoms with Crippen molar-refractivity contribution in [3.63, 3.8) is 0 Å². The van der Waals surface area contributed by atoms with Crippen molar-refractivity contribution in [1.82, 2.24) is 19.5 Å². The first-order valence-electron chi connectivity index (χ1n) is 7.56. The van der Waals surface area contributed by atoms with E-state index in [-0.39, 0.29) is 25.0 Å². The van der Waals surface area contributed by atoms with Crippen LogP contribution in [0.25, 0.3) is 5.65 Å². The molecule has 23 heavy (non-hydrogen) atoms. The van der Waals surface area contributed by atoms with Crippen molar-refractivity contribution in [2.75, 3.05) is 19.7 Å². The lowest BCUT2D eigenvalue weighted by molar-refractivity contribution is -0.137. The van der Waals surface area contributed by atoms with E-state index in [9.17, 15) is 9.59 Å². The predicted octanol–water partition coefficient (Wildman–Crippen LogP) is 0.825. The summed E-state index contributed by atoms with van der Waals surface area (Å²) in [6.45, 7) is 1.21. The van der Waals surface area contributed by atoms with E-state index >= 15 is 0 Å². The summed E-state index contributed by atoms with van der Waals surface area (Å²) in [6.07, 6.45) is 6.46. The molecule has 1 aliphatic heterocycles. The first kappa shape index (κ1) is 15.4. The molecule has 2 aromatic rings. The average molecular weight is 318 g/mol. The van der Waals surface area contributed by atoms with Crippen LogP contribution in [0.5, 0.6) is 0 Å². The van der Waals surface area contributed by atoms with Crippen molar-refractivity contribution in [3.05, 3.63) is 30.2 Å². The van der Waals surface area contributed by atoms with Crippen LogP contribution in [0.3, 0.4) is 0 Å². The minimum atomic E-state index is -0.937. The summed E-state index contributed by atoms with van der Waals surface area (Å²) < 4.78 is 7.09. The summed E-state index contributed by atoms with van der Waals surface area (Å²) >= 11 is 0. The van der Waals surface area contributed by atoms with E-state index in [0.29, 0.717) is 24.4 Å². The van der Waals surface area contributed by atoms with E-state index in [1.165, 1.54) is 15.6 Å². The van der Waals surface area contributed by atoms with Gasteiger partial charge in [-0.25, -0.2) is 9.50 Å². The first-order valence-corrected chi connectivity index (χ1v) is 7.56. The van der Waals surface area contributed by atoms with Crippen molar-refractivity contribution in [1.29, 1.82) is 0 Å². The standard InChI is InChI=1S/C15H18N4O4/c20-13(21)4-7-18(10-11-3-1-8-23-11)15(22)12-9-17-19-6-2-5-16-14(12)19/h2,5-6,9,11H,1,3-4,7-8,10H2,(H,20,21). The number of carboxylic acids is 1. The predicted molar refractivity (Wildman–Crippen MR) is 80.1 cm³/mol. The number of hydrogen-bond acceptors (Lipinski definition) is 5. The molecule has 1 unspecified atom stereocenters. The largest absolute Gasteiger partial charge is 0.481 e. The van der Waals surface area contributed by atoms with Gasteiger partial charge in [-0.3, -0.25) is 9.59 Å². The third-order valence-electron chi connectivity index (χ3n) is 3.84. The van der Waals surface area contributed by atoms with Gasteiger partial charge in [0.25, 0.3) is 5.91 Å². The minimum Gasteiger partial charge on any atom is -0.481 e. The highest BCUT2D eigenvalue weighted by molar-refractivity contribution is 5.99. The van der Waals surface area contributed by atoms with E-state index in [1.54, 1.807) is 18.5 Å². The van der Waals surface area contributed by atoms with Crippen molar-refractivity contribution < 1.29 is 19.4 Å². The number of carbonyl (C=O) groups is 2. The van der Waals surface area contributed by atoms with Crippen LogP contribution in [-0.4, -0.2) is 62.3 Å². The van der Waals surface area contributed by atoms with E-state index in [0.717, 1.165) is 12.8 Å². The van der Waals surface area contributed by atoms with Gasteiger partial charge in [0, 0.05) is 32.1 Å². The second-order valence-electron chi connectivity index (χ2n) is 5.48. The van der Waals surface area contributed by atoms with Gasteiger partial charge >= 0.3 is 5.97 Å². The quantitative estimate of drug-likeness (QED) is 0.847. The lowest BCUT2D eigenvalue weighted by Gasteiger charge is -2.24. The number of aliphatic carboxylic acids is 1. The highest BCUT2D eigenvalue weighted by Crippen LogP contribution is 2.17. The van der Waals surface area contributed by atoms with Gasteiger partial charge < -0.3 is 14.7 Å². The number of carbonyl (C=O) groups excluding carboxylic acids is 1. The summed E-state index contributed by atoms with van der Waals surface area (Å²) in [7, 11) is 0. The van der Waals surface area contributed by atoms with Crippen LogP contribution in [0, 0.1) is 0 Å². The van der Waals surface area contributed by atoms with Crippen LogP contribution in [0.2, 0.25) is 0 Å². The molecule has 0 saturated carbocycles. The van der Waals surface area contributed by atoms with Crippen LogP contribution in [0.15, 0.2) is 24.7 Å². The number of hydrogen-bond donors (Lipinski definition) is 1. The summed E-state index contributed by atoms with van der Waals surface area (Å²) in [5.41, 5.74) is 0.833. The fourth-order valence-corrected chi connectivity index (χ4v) is 2.69. The molecule has 1 aliphatic rings. The van der Waals surface area contributed by atoms with Gasteiger partial charge in [-0.15, -0.1) is 0 Å². The van der Waals surface area contributed by atoms with Gasteiger partial charge in [0.15, 0.2) is 5.65 Å². The molecule has 0 bridgehead atoms. The summed E-state index contributed by atoms with van der Waals surface area (Å²) in [4.78, 5) is 29.4. The molecule has 0 aromatic carbocycles. The van der Waals surface area contributed by atoms with Gasteiger partial charge in [0.2, 0.25) is 0 Å². The third-order valence-corrected chi connectivity index (χ3v) is 3.84. The zero-order valence-corrected chi connectivity index (χ0v) is 12.6. The number of fused-ring (bicyclic) bond motifs is 1. The molecule has 2 aromatic heterocycles. The van der Waals surface area contributed by atoms with Crippen LogP contribution in [0.4, 0.5) is 0 Å². The van der Waals surface area contributed by atoms with Crippen molar-refractivity contribution in [2.45, 2.75) is 25.4 Å². The number of ether oxygens (including phenoxy) is 1. The SMILES string of the molecule is O=C(O)CCN(CC1CCCO1)C(=O)c1cnn2cccnc12. The molecule has 8 nitrogen and oxygen atoms in total. The van der Waals surface area contributed by atoms with Gasteiger partial charge in [-0.1, -0.05) is 0 Å². The normalized spacial score (nSPS) is 17.5. The Balaban J connectivity index is 1.81. The Morgan fingerprint density at radius 1 is 1.48 bits per heavy atom. The molecule has 122 valence electrons. The molecule has 0 radical (unpaired) electrons. The molecule has 3 heterocycles. The average Bonchev–Trinajstić information content (AvgIpc) is 3.20. The van der Waals surface area contributed by atoms with Gasteiger partial charge in [0.05, 0.1) is 18.7 Å². The molecule has 0 spiro atoms. The Labute approximate surface area is 132 Å². The summed E-state index contributed by atoms with van der Waals surface area (Å²) in [5.74, 6) is -1.21. The van der Waals surface area contributed by atoms with Crippen LogP contribution < -0.4 is 0 Å². The monoisotopic (exact) mass is 318 g/mol. The van der Waals surface area contributed by atoms with Gasteiger partial charge in [-0.2, -0.15) is 5.10 Å². The van der Waals surface area contributed by atoms with Crippen molar-refractivity contribution in [3.8, 4) is 0 Å². The lowest BCUT2D eigenvalue weighted by Crippen LogP contribution is -2.38. The molecule has 3 rings (SSSR count). The second-order valence-corrected chi connectivity index (χ2v) is 5.48. The van der Waals surface area contributed by atoms with Crippen molar-refractivity contribution >= 4 is 17.5 Å². The molecule has 1 fully saturated rings. The molecule has 0 aliphatic carbocycles. The Hall–Kier alpha value is -2.48.